The van der Waals surface area contributed by atoms with Gasteiger partial charge in [-0.05, 0) is 33.2 Å². The quantitative estimate of drug-likeness (QED) is 0.385. The van der Waals surface area contributed by atoms with E-state index in [0.29, 0.717) is 0 Å². The van der Waals surface area contributed by atoms with Gasteiger partial charge in [0.1, 0.15) is 0 Å². The van der Waals surface area contributed by atoms with E-state index in [-0.39, 0.29) is 38.5 Å². The summed E-state index contributed by atoms with van der Waals surface area (Å²) < 4.78 is 5.34. The molecule has 156 valence electrons. The zero-order chi connectivity index (χ0) is 21.0. The largest absolute Gasteiger partial charge is 0.466 e. The van der Waals surface area contributed by atoms with Crippen LogP contribution in [0, 0.1) is 32.5 Å². The van der Waals surface area contributed by atoms with E-state index in [0.717, 1.165) is 28.6 Å². The Hall–Kier alpha value is -0.350. The first-order chi connectivity index (χ1) is 12.7. The van der Waals surface area contributed by atoms with Crippen LogP contribution in [0.25, 0.3) is 0 Å². The van der Waals surface area contributed by atoms with Gasteiger partial charge in [0.15, 0.2) is 0 Å². The zero-order valence-electron chi connectivity index (χ0n) is 19.0. The summed E-state index contributed by atoms with van der Waals surface area (Å²) in [5.74, 6) is 4.35. The van der Waals surface area contributed by atoms with Gasteiger partial charge in [0, 0.05) is 27.9 Å². The standard InChI is InChI=1S/C24H36O2S2/c1-19(2)11-27-13-21(5,6)23-10-15(18(25)26-9)24(23)17(16(19)23)20(3,4)12-28-14-22(24,7)8/h10H,11-14H2,1-9H3/t23-,24+/m1/s1. The smallest absolute Gasteiger partial charge is 0.334 e. The number of esters is 1. The number of methoxy groups -OCH3 is 1. The summed E-state index contributed by atoms with van der Waals surface area (Å²) in [7, 11) is 1.54. The van der Waals surface area contributed by atoms with Crippen LogP contribution in [-0.2, 0) is 9.53 Å². The predicted molar refractivity (Wildman–Crippen MR) is 122 cm³/mol. The summed E-state index contributed by atoms with van der Waals surface area (Å²) in [6.07, 6.45) is 2.35. The summed E-state index contributed by atoms with van der Waals surface area (Å²) in [5.41, 5.74) is 4.21. The molecule has 2 atom stereocenters. The molecule has 4 rings (SSSR count). The Morgan fingerprint density at radius 1 is 0.821 bits per heavy atom. The molecular formula is C24H36O2S2. The lowest BCUT2D eigenvalue weighted by atomic mass is 9.23. The van der Waals surface area contributed by atoms with Crippen LogP contribution in [0.1, 0.15) is 55.4 Å². The number of allylic oxidation sites excluding steroid dienone is 3. The first kappa shape index (κ1) is 20.9. The van der Waals surface area contributed by atoms with Gasteiger partial charge in [-0.15, -0.1) is 0 Å². The van der Waals surface area contributed by atoms with Crippen molar-refractivity contribution in [2.45, 2.75) is 55.4 Å². The van der Waals surface area contributed by atoms with E-state index in [1.165, 1.54) is 7.11 Å². The van der Waals surface area contributed by atoms with Gasteiger partial charge < -0.3 is 4.74 Å². The molecule has 0 bridgehead atoms. The van der Waals surface area contributed by atoms with Crippen molar-refractivity contribution in [3.05, 3.63) is 22.8 Å². The fourth-order valence-corrected chi connectivity index (χ4v) is 10.3. The first-order valence-corrected chi connectivity index (χ1v) is 12.8. The highest BCUT2D eigenvalue weighted by molar-refractivity contribution is 7.99. The second kappa shape index (κ2) is 5.66. The summed E-state index contributed by atoms with van der Waals surface area (Å²) in [6, 6.07) is 0. The molecule has 0 amide bonds. The average Bonchev–Trinajstić information content (AvgIpc) is 2.65. The van der Waals surface area contributed by atoms with Crippen molar-refractivity contribution < 1.29 is 9.53 Å². The minimum atomic E-state index is -0.207. The van der Waals surface area contributed by atoms with Gasteiger partial charge in [-0.3, -0.25) is 0 Å². The summed E-state index contributed by atoms with van der Waals surface area (Å²) in [5, 5.41) is 0. The van der Waals surface area contributed by atoms with Gasteiger partial charge >= 0.3 is 5.97 Å². The first-order valence-electron chi connectivity index (χ1n) is 10.5. The van der Waals surface area contributed by atoms with E-state index in [9.17, 15) is 4.79 Å². The van der Waals surface area contributed by atoms with Crippen molar-refractivity contribution in [2.75, 3.05) is 30.1 Å². The number of thioether (sulfide) groups is 2. The van der Waals surface area contributed by atoms with Crippen LogP contribution in [0.3, 0.4) is 0 Å². The number of hydrogen-bond acceptors (Lipinski definition) is 4. The molecule has 2 aliphatic heterocycles. The third-order valence-corrected chi connectivity index (χ3v) is 11.8. The van der Waals surface area contributed by atoms with Crippen molar-refractivity contribution in [3.63, 3.8) is 0 Å². The molecule has 2 spiro atoms. The van der Waals surface area contributed by atoms with Crippen molar-refractivity contribution in [1.29, 1.82) is 0 Å². The predicted octanol–water partition coefficient (Wildman–Crippen LogP) is 5.98. The van der Waals surface area contributed by atoms with E-state index in [1.807, 2.05) is 0 Å². The minimum Gasteiger partial charge on any atom is -0.466 e. The van der Waals surface area contributed by atoms with Crippen LogP contribution in [0.4, 0.5) is 0 Å². The van der Waals surface area contributed by atoms with Crippen molar-refractivity contribution in [1.82, 2.24) is 0 Å². The maximum Gasteiger partial charge on any atom is 0.334 e. The van der Waals surface area contributed by atoms with E-state index in [1.54, 1.807) is 11.1 Å². The molecule has 2 aliphatic carbocycles. The van der Waals surface area contributed by atoms with Crippen LogP contribution in [0.2, 0.25) is 0 Å². The van der Waals surface area contributed by atoms with Crippen LogP contribution >= 0.6 is 23.5 Å². The molecule has 2 heterocycles. The average molecular weight is 421 g/mol. The monoisotopic (exact) mass is 420 g/mol. The van der Waals surface area contributed by atoms with Crippen LogP contribution in [-0.4, -0.2) is 36.1 Å². The minimum absolute atomic E-state index is 0.00486. The summed E-state index contributed by atoms with van der Waals surface area (Å²) in [4.78, 5) is 13.0. The van der Waals surface area contributed by atoms with Crippen molar-refractivity contribution >= 4 is 29.5 Å². The maximum atomic E-state index is 13.0. The fraction of sp³-hybridized carbons (Fsp3) is 0.792. The molecule has 2 nitrogen and oxygen atoms in total. The lowest BCUT2D eigenvalue weighted by molar-refractivity contribution is -0.150. The molecular weight excluding hydrogens is 384 g/mol. The molecule has 4 aliphatic rings. The molecule has 2 fully saturated rings. The molecule has 0 aromatic carbocycles. The van der Waals surface area contributed by atoms with Gasteiger partial charge in [-0.1, -0.05) is 72.6 Å². The summed E-state index contributed by atoms with van der Waals surface area (Å²) >= 11 is 4.15. The molecule has 0 saturated carbocycles. The van der Waals surface area contributed by atoms with E-state index in [4.69, 9.17) is 4.74 Å². The Kier molecular flexibility index (Phi) is 4.23. The highest BCUT2D eigenvalue weighted by Crippen LogP contribution is 2.88. The Bertz CT molecular complexity index is 814. The van der Waals surface area contributed by atoms with Crippen molar-refractivity contribution in [3.8, 4) is 0 Å². The second-order valence-electron chi connectivity index (χ2n) is 11.9. The van der Waals surface area contributed by atoms with E-state index >= 15 is 0 Å². The normalized spacial score (nSPS) is 39.0. The number of carbonyl (C=O) groups is 1. The topological polar surface area (TPSA) is 26.3 Å². The molecule has 0 aromatic rings. The third kappa shape index (κ3) is 2.03. The van der Waals surface area contributed by atoms with Gasteiger partial charge in [0.05, 0.1) is 7.11 Å². The highest BCUT2D eigenvalue weighted by Gasteiger charge is 2.83. The van der Waals surface area contributed by atoms with Crippen LogP contribution in [0.5, 0.6) is 0 Å². The highest BCUT2D eigenvalue weighted by atomic mass is 32.2. The molecule has 0 radical (unpaired) electrons. The molecule has 28 heavy (non-hydrogen) atoms. The fourth-order valence-electron chi connectivity index (χ4n) is 7.29. The lowest BCUT2D eigenvalue weighted by Gasteiger charge is -2.79. The van der Waals surface area contributed by atoms with Gasteiger partial charge in [0.2, 0.25) is 0 Å². The second-order valence-corrected chi connectivity index (χ2v) is 13.8. The number of hydrogen-bond donors (Lipinski definition) is 0. The lowest BCUT2D eigenvalue weighted by Crippen LogP contribution is -2.75. The van der Waals surface area contributed by atoms with Crippen molar-refractivity contribution in [2.24, 2.45) is 32.5 Å². The van der Waals surface area contributed by atoms with Gasteiger partial charge in [0.25, 0.3) is 0 Å². The Morgan fingerprint density at radius 3 is 1.86 bits per heavy atom. The summed E-state index contributed by atoms with van der Waals surface area (Å²) in [6.45, 7) is 19.3. The Balaban J connectivity index is 2.15. The molecule has 0 N–H and O–H groups in total. The number of ether oxygens (including phenoxy) is 1. The van der Waals surface area contributed by atoms with Crippen LogP contribution < -0.4 is 0 Å². The molecule has 0 aromatic heterocycles. The Morgan fingerprint density at radius 2 is 1.32 bits per heavy atom. The molecule has 4 heteroatoms. The third-order valence-electron chi connectivity index (χ3n) is 8.07. The SMILES string of the molecule is COC(=O)C1=C[C@]23C(=C4C(C)(C)CSCC(C)(C)[C@]142)C(C)(C)CSCC3(C)C. The van der Waals surface area contributed by atoms with Gasteiger partial charge in [-0.2, -0.15) is 23.5 Å². The van der Waals surface area contributed by atoms with E-state index in [2.05, 4.69) is 85.0 Å². The molecule has 2 saturated heterocycles. The van der Waals surface area contributed by atoms with E-state index < -0.39 is 0 Å². The molecule has 0 unspecified atom stereocenters. The Labute approximate surface area is 179 Å². The van der Waals surface area contributed by atoms with Crippen LogP contribution in [0.15, 0.2) is 22.8 Å². The zero-order valence-corrected chi connectivity index (χ0v) is 20.7. The number of carbonyl (C=O) groups excluding carboxylic acids is 1. The number of rotatable bonds is 1. The maximum absolute atomic E-state index is 13.0. The van der Waals surface area contributed by atoms with Gasteiger partial charge in [-0.25, -0.2) is 4.79 Å².